The minimum Gasteiger partial charge on any atom is -0.340 e. The zero-order valence-corrected chi connectivity index (χ0v) is 14.1. The van der Waals surface area contributed by atoms with Gasteiger partial charge in [0.15, 0.2) is 5.82 Å². The molecule has 1 atom stereocenters. The van der Waals surface area contributed by atoms with Crippen LogP contribution in [0.1, 0.15) is 82.8 Å². The molecule has 2 aromatic heterocycles. The molecule has 1 amide bonds. The summed E-state index contributed by atoms with van der Waals surface area (Å²) in [5.74, 6) is 1.70. The topological polar surface area (TPSA) is 68.0 Å². The molecule has 2 heterocycles. The molecule has 1 unspecified atom stereocenters. The lowest BCUT2D eigenvalue weighted by Gasteiger charge is -2.08. The van der Waals surface area contributed by atoms with Gasteiger partial charge in [0.25, 0.3) is 5.91 Å². The molecule has 5 nitrogen and oxygen atoms in total. The van der Waals surface area contributed by atoms with E-state index in [0.717, 1.165) is 36.4 Å². The Balaban J connectivity index is 1.44. The first-order valence-corrected chi connectivity index (χ1v) is 9.28. The molecule has 0 aliphatic heterocycles. The van der Waals surface area contributed by atoms with E-state index in [1.54, 1.807) is 11.3 Å². The van der Waals surface area contributed by atoms with Gasteiger partial charge in [-0.2, -0.15) is 4.98 Å². The molecule has 2 aliphatic carbocycles. The lowest BCUT2D eigenvalue weighted by molar-refractivity contribution is 0.0936. The second-order valence-electron chi connectivity index (χ2n) is 6.58. The first-order valence-electron chi connectivity index (χ1n) is 8.46. The molecule has 0 bridgehead atoms. The number of rotatable bonds is 4. The van der Waals surface area contributed by atoms with Crippen LogP contribution < -0.4 is 5.32 Å². The number of amides is 1. The molecule has 2 aromatic rings. The Morgan fingerprint density at radius 1 is 1.35 bits per heavy atom. The third-order valence-electron chi connectivity index (χ3n) is 4.59. The van der Waals surface area contributed by atoms with Crippen molar-refractivity contribution in [2.75, 3.05) is 0 Å². The normalized spacial score (nSPS) is 19.0. The van der Waals surface area contributed by atoms with E-state index in [1.807, 2.05) is 6.92 Å². The molecule has 4 rings (SSSR count). The maximum absolute atomic E-state index is 12.5. The summed E-state index contributed by atoms with van der Waals surface area (Å²) in [6, 6.07) is 1.81. The number of carbonyl (C=O) groups excluding carboxylic acids is 1. The smallest absolute Gasteiger partial charge is 0.262 e. The van der Waals surface area contributed by atoms with E-state index in [9.17, 15) is 4.79 Å². The molecule has 6 heteroatoms. The number of hydrogen-bond acceptors (Lipinski definition) is 5. The Morgan fingerprint density at radius 2 is 2.17 bits per heavy atom. The van der Waals surface area contributed by atoms with Crippen LogP contribution in [-0.2, 0) is 12.8 Å². The van der Waals surface area contributed by atoms with Crippen molar-refractivity contribution >= 4 is 17.2 Å². The van der Waals surface area contributed by atoms with Crippen LogP contribution in [0.2, 0.25) is 0 Å². The Hall–Kier alpha value is -1.69. The van der Waals surface area contributed by atoms with E-state index in [0.29, 0.717) is 11.8 Å². The van der Waals surface area contributed by atoms with Crippen LogP contribution in [-0.4, -0.2) is 16.0 Å². The molecule has 1 N–H and O–H groups in total. The van der Waals surface area contributed by atoms with Crippen LogP contribution in [0.5, 0.6) is 0 Å². The number of carbonyl (C=O) groups is 1. The Bertz CT molecular complexity index is 694. The van der Waals surface area contributed by atoms with Crippen LogP contribution in [0.25, 0.3) is 0 Å². The maximum atomic E-state index is 12.5. The molecule has 0 radical (unpaired) electrons. The highest BCUT2D eigenvalue weighted by Gasteiger charge is 2.30. The Morgan fingerprint density at radius 3 is 3.00 bits per heavy atom. The quantitative estimate of drug-likeness (QED) is 0.866. The minimum atomic E-state index is -0.260. The summed E-state index contributed by atoms with van der Waals surface area (Å²) in [6.07, 6.45) is 8.24. The van der Waals surface area contributed by atoms with Gasteiger partial charge in [-0.15, -0.1) is 11.3 Å². The maximum Gasteiger partial charge on any atom is 0.262 e. The van der Waals surface area contributed by atoms with Gasteiger partial charge in [0.05, 0.1) is 4.88 Å². The zero-order chi connectivity index (χ0) is 15.8. The van der Waals surface area contributed by atoms with Gasteiger partial charge < -0.3 is 9.84 Å². The van der Waals surface area contributed by atoms with Crippen LogP contribution >= 0.6 is 11.3 Å². The van der Waals surface area contributed by atoms with Crippen LogP contribution in [0.3, 0.4) is 0 Å². The predicted molar refractivity (Wildman–Crippen MR) is 87.7 cm³/mol. The van der Waals surface area contributed by atoms with Crippen molar-refractivity contribution in [1.82, 2.24) is 15.5 Å². The molecular weight excluding hydrogens is 310 g/mol. The van der Waals surface area contributed by atoms with Crippen molar-refractivity contribution in [3.63, 3.8) is 0 Å². The van der Waals surface area contributed by atoms with Crippen molar-refractivity contribution < 1.29 is 9.32 Å². The van der Waals surface area contributed by atoms with Crippen molar-refractivity contribution in [2.45, 2.75) is 63.8 Å². The summed E-state index contributed by atoms with van der Waals surface area (Å²) < 4.78 is 5.29. The molecule has 0 saturated heterocycles. The van der Waals surface area contributed by atoms with Crippen LogP contribution in [0.15, 0.2) is 10.6 Å². The summed E-state index contributed by atoms with van der Waals surface area (Å²) in [7, 11) is 0. The summed E-state index contributed by atoms with van der Waals surface area (Å²) in [5.41, 5.74) is 1.36. The van der Waals surface area contributed by atoms with E-state index in [-0.39, 0.29) is 11.9 Å². The van der Waals surface area contributed by atoms with E-state index in [4.69, 9.17) is 4.52 Å². The van der Waals surface area contributed by atoms with E-state index >= 15 is 0 Å². The average Bonchev–Trinajstić information content (AvgIpc) is 3.20. The molecule has 2 aliphatic rings. The fraction of sp³-hybridized carbons (Fsp3) is 0.588. The zero-order valence-electron chi connectivity index (χ0n) is 13.3. The lowest BCUT2D eigenvalue weighted by atomic mass is 10.1. The number of fused-ring (bicyclic) bond motifs is 1. The molecule has 0 spiro atoms. The number of aryl methyl sites for hydroxylation is 2. The van der Waals surface area contributed by atoms with E-state index < -0.39 is 0 Å². The Kier molecular flexibility index (Phi) is 3.93. The lowest BCUT2D eigenvalue weighted by Crippen LogP contribution is -2.26. The van der Waals surface area contributed by atoms with Crippen LogP contribution in [0.4, 0.5) is 0 Å². The number of nitrogens with zero attached hydrogens (tertiary/aromatic N) is 2. The van der Waals surface area contributed by atoms with Crippen molar-refractivity contribution in [2.24, 2.45) is 0 Å². The SMILES string of the molecule is CC(NC(=O)c1cc2c(s1)CCCCC2)c1nc(C2CC2)no1. The summed E-state index contributed by atoms with van der Waals surface area (Å²) in [6.45, 7) is 1.89. The summed E-state index contributed by atoms with van der Waals surface area (Å²) in [4.78, 5) is 19.1. The summed E-state index contributed by atoms with van der Waals surface area (Å²) >= 11 is 1.64. The van der Waals surface area contributed by atoms with Gasteiger partial charge in [-0.25, -0.2) is 0 Å². The van der Waals surface area contributed by atoms with Crippen molar-refractivity contribution in [3.8, 4) is 0 Å². The first-order chi connectivity index (χ1) is 11.2. The van der Waals surface area contributed by atoms with Crippen LogP contribution in [0, 0.1) is 0 Å². The van der Waals surface area contributed by atoms with Crippen molar-refractivity contribution in [3.05, 3.63) is 33.1 Å². The molecule has 122 valence electrons. The number of thiophene rings is 1. The molecule has 23 heavy (non-hydrogen) atoms. The highest BCUT2D eigenvalue weighted by molar-refractivity contribution is 7.14. The third kappa shape index (κ3) is 3.17. The summed E-state index contributed by atoms with van der Waals surface area (Å²) in [5, 5.41) is 6.99. The van der Waals surface area contributed by atoms with Crippen molar-refractivity contribution in [1.29, 1.82) is 0 Å². The number of aromatic nitrogens is 2. The highest BCUT2D eigenvalue weighted by atomic mass is 32.1. The third-order valence-corrected chi connectivity index (χ3v) is 5.82. The second kappa shape index (κ2) is 6.07. The molecule has 0 aromatic carbocycles. The van der Waals surface area contributed by atoms with Gasteiger partial charge in [0.1, 0.15) is 6.04 Å². The van der Waals surface area contributed by atoms with Gasteiger partial charge in [0.2, 0.25) is 5.89 Å². The van der Waals surface area contributed by atoms with E-state index in [2.05, 4.69) is 21.5 Å². The van der Waals surface area contributed by atoms with Gasteiger partial charge in [-0.1, -0.05) is 11.6 Å². The van der Waals surface area contributed by atoms with Gasteiger partial charge >= 0.3 is 0 Å². The number of nitrogens with one attached hydrogen (secondary N) is 1. The first kappa shape index (κ1) is 14.9. The molecule has 1 saturated carbocycles. The van der Waals surface area contributed by atoms with Gasteiger partial charge in [-0.3, -0.25) is 4.79 Å². The fourth-order valence-electron chi connectivity index (χ4n) is 3.04. The molecule has 1 fully saturated rings. The second-order valence-corrected chi connectivity index (χ2v) is 7.72. The average molecular weight is 331 g/mol. The predicted octanol–water partition coefficient (Wildman–Crippen LogP) is 3.77. The van der Waals surface area contributed by atoms with Gasteiger partial charge in [-0.05, 0) is 57.1 Å². The monoisotopic (exact) mass is 331 g/mol. The van der Waals surface area contributed by atoms with Gasteiger partial charge in [0, 0.05) is 10.8 Å². The highest BCUT2D eigenvalue weighted by Crippen LogP contribution is 2.38. The Labute approximate surface area is 139 Å². The number of hydrogen-bond donors (Lipinski definition) is 1. The van der Waals surface area contributed by atoms with E-state index in [1.165, 1.54) is 29.7 Å². The largest absolute Gasteiger partial charge is 0.340 e. The minimum absolute atomic E-state index is 0.0401. The standard InChI is InChI=1S/C17H21N3O2S/c1-10(17-19-15(20-22-17)11-7-8-11)18-16(21)14-9-12-5-3-2-4-6-13(12)23-14/h9-11H,2-8H2,1H3,(H,18,21). The molecular formula is C17H21N3O2S. The fourth-order valence-corrected chi connectivity index (χ4v) is 4.20.